The number of rotatable bonds is 11. The lowest BCUT2D eigenvalue weighted by Crippen LogP contribution is -2.56. The van der Waals surface area contributed by atoms with Crippen molar-refractivity contribution < 1.29 is 32.1 Å². The molecule has 2 aliphatic rings. The summed E-state index contributed by atoms with van der Waals surface area (Å²) in [4.78, 5) is 53.4. The fraction of sp³-hybridized carbons (Fsp3) is 0.370. The van der Waals surface area contributed by atoms with E-state index in [4.69, 9.17) is 4.55 Å². The molecule has 5 amide bonds. The molecule has 1 aromatic rings. The smallest absolute Gasteiger partial charge is 0.282 e. The number of amides is 5. The summed E-state index contributed by atoms with van der Waals surface area (Å²) in [5, 5.41) is 5.40. The van der Waals surface area contributed by atoms with Crippen molar-refractivity contribution in [2.24, 2.45) is 11.0 Å². The Kier molecular flexibility index (Phi) is 9.71. The number of unbranched alkanes of at least 4 members (excludes halogenated alkanes) is 2. The molecular formula is C27H32N4O7S. The number of benzene rings is 1. The van der Waals surface area contributed by atoms with E-state index in [1.54, 1.807) is 25.2 Å². The van der Waals surface area contributed by atoms with Gasteiger partial charge in [-0.25, -0.2) is 4.79 Å². The number of carbonyl (C=O) groups is 4. The zero-order valence-electron chi connectivity index (χ0n) is 22.1. The van der Waals surface area contributed by atoms with Crippen LogP contribution in [0.3, 0.4) is 0 Å². The van der Waals surface area contributed by atoms with Crippen molar-refractivity contribution in [1.82, 2.24) is 9.80 Å². The highest BCUT2D eigenvalue weighted by Gasteiger charge is 2.41. The van der Waals surface area contributed by atoms with Crippen LogP contribution < -0.4 is 5.01 Å². The second-order valence-electron chi connectivity index (χ2n) is 9.09. The molecule has 0 radical (unpaired) electrons. The quantitative estimate of drug-likeness (QED) is 0.189. The van der Waals surface area contributed by atoms with Gasteiger partial charge in [0.25, 0.3) is 27.8 Å². The molecule has 208 valence electrons. The van der Waals surface area contributed by atoms with Gasteiger partial charge in [0, 0.05) is 13.1 Å². The normalized spacial score (nSPS) is 18.8. The van der Waals surface area contributed by atoms with Gasteiger partial charge in [0.2, 0.25) is 0 Å². The number of nitrogens with zero attached hydrogens (tertiary/aromatic N) is 4. The van der Waals surface area contributed by atoms with Crippen molar-refractivity contribution in [1.29, 1.82) is 0 Å². The number of allylic oxidation sites excluding steroid dienone is 4. The van der Waals surface area contributed by atoms with Crippen LogP contribution in [0.5, 0.6) is 0 Å². The van der Waals surface area contributed by atoms with E-state index < -0.39 is 33.9 Å². The molecule has 12 heteroatoms. The van der Waals surface area contributed by atoms with E-state index in [0.717, 1.165) is 27.7 Å². The summed E-state index contributed by atoms with van der Waals surface area (Å²) < 4.78 is 31.6. The van der Waals surface area contributed by atoms with Gasteiger partial charge in [0.1, 0.15) is 5.57 Å². The predicted molar refractivity (Wildman–Crippen MR) is 145 cm³/mol. The highest BCUT2D eigenvalue weighted by Crippen LogP contribution is 2.26. The summed E-state index contributed by atoms with van der Waals surface area (Å²) in [6.07, 6.45) is 10.5. The third-order valence-electron chi connectivity index (χ3n) is 6.23. The average molecular weight is 557 g/mol. The van der Waals surface area contributed by atoms with E-state index in [9.17, 15) is 27.6 Å². The zero-order chi connectivity index (χ0) is 28.7. The maximum Gasteiger partial charge on any atom is 0.333 e. The topological polar surface area (TPSA) is 145 Å². The summed E-state index contributed by atoms with van der Waals surface area (Å²) in [6.45, 7) is 6.05. The van der Waals surface area contributed by atoms with E-state index in [1.165, 1.54) is 36.4 Å². The zero-order valence-corrected chi connectivity index (χ0v) is 22.9. The molecule has 0 bridgehead atoms. The Morgan fingerprint density at radius 1 is 0.897 bits per heavy atom. The monoisotopic (exact) mass is 556 g/mol. The first-order valence-corrected chi connectivity index (χ1v) is 14.1. The lowest BCUT2D eigenvalue weighted by Gasteiger charge is -2.33. The number of hydrazone groups is 1. The van der Waals surface area contributed by atoms with Crippen molar-refractivity contribution in [3.8, 4) is 0 Å². The molecule has 1 fully saturated rings. The first kappa shape index (κ1) is 29.7. The Hall–Kier alpha value is -3.90. The lowest BCUT2D eigenvalue weighted by molar-refractivity contribution is -0.136. The number of hydrogen-bond donors (Lipinski definition) is 1. The van der Waals surface area contributed by atoms with Crippen LogP contribution in [0.25, 0.3) is 0 Å². The molecule has 1 atom stereocenters. The molecule has 1 saturated heterocycles. The maximum absolute atomic E-state index is 12.9. The summed E-state index contributed by atoms with van der Waals surface area (Å²) in [6, 6.07) is 4.51. The van der Waals surface area contributed by atoms with Gasteiger partial charge >= 0.3 is 6.03 Å². The third-order valence-corrected chi connectivity index (χ3v) is 7.10. The Balaban J connectivity index is 1.73. The first-order chi connectivity index (χ1) is 18.5. The summed E-state index contributed by atoms with van der Waals surface area (Å²) >= 11 is 0. The summed E-state index contributed by atoms with van der Waals surface area (Å²) in [5.41, 5.74) is 0.754. The fourth-order valence-electron chi connectivity index (χ4n) is 4.01. The maximum atomic E-state index is 12.9. The number of anilines is 1. The molecule has 11 nitrogen and oxygen atoms in total. The van der Waals surface area contributed by atoms with Crippen LogP contribution in [-0.2, 0) is 24.5 Å². The van der Waals surface area contributed by atoms with E-state index >= 15 is 0 Å². The summed E-state index contributed by atoms with van der Waals surface area (Å²) in [5.74, 6) is -2.27. The molecule has 0 saturated carbocycles. The Bertz CT molecular complexity index is 1330. The van der Waals surface area contributed by atoms with Crippen LogP contribution in [0.4, 0.5) is 10.5 Å². The molecular weight excluding hydrogens is 524 g/mol. The van der Waals surface area contributed by atoms with E-state index in [0.29, 0.717) is 24.2 Å². The van der Waals surface area contributed by atoms with Crippen LogP contribution in [0, 0.1) is 5.92 Å². The standard InChI is InChI=1S/C27H32N4O7S/c1-4-6-17-29-24(32)23(25(33)30(27(29)35)18-7-5-2)12-10-8-9-11-22-19(3)28-31(26(22)34)20-13-15-21(16-14-20)39(36,37)38/h8-16,22H,4-7,17-18H2,1-3H3,(H,36,37,38)/b10-8+,11-9+. The van der Waals surface area contributed by atoms with Gasteiger partial charge in [-0.15, -0.1) is 0 Å². The third kappa shape index (κ3) is 6.76. The highest BCUT2D eigenvalue weighted by molar-refractivity contribution is 7.85. The van der Waals surface area contributed by atoms with Gasteiger partial charge in [-0.1, -0.05) is 51.0 Å². The molecule has 0 spiro atoms. The molecule has 39 heavy (non-hydrogen) atoms. The molecule has 0 aliphatic carbocycles. The SMILES string of the molecule is CCCCN1C(=O)C(=C/C=C/C=C/C2C(=O)N(c3ccc(S(=O)(=O)O)cc3)N=C2C)C(=O)N(CCCC)C1=O. The van der Waals surface area contributed by atoms with E-state index in [1.807, 2.05) is 13.8 Å². The van der Waals surface area contributed by atoms with Crippen molar-refractivity contribution in [3.63, 3.8) is 0 Å². The van der Waals surface area contributed by atoms with Gasteiger partial charge in [0.05, 0.1) is 22.2 Å². The van der Waals surface area contributed by atoms with Gasteiger partial charge < -0.3 is 0 Å². The number of carbonyl (C=O) groups excluding carboxylic acids is 4. The summed E-state index contributed by atoms with van der Waals surface area (Å²) in [7, 11) is -4.36. The van der Waals surface area contributed by atoms with E-state index in [-0.39, 0.29) is 29.5 Å². The minimum atomic E-state index is -4.36. The van der Waals surface area contributed by atoms with E-state index in [2.05, 4.69) is 5.10 Å². The van der Waals surface area contributed by atoms with Crippen LogP contribution in [0.15, 0.2) is 70.2 Å². The number of hydrogen-bond acceptors (Lipinski definition) is 7. The van der Waals surface area contributed by atoms with Crippen LogP contribution >= 0.6 is 0 Å². The van der Waals surface area contributed by atoms with Gasteiger partial charge in [-0.3, -0.25) is 28.7 Å². The number of barbiturate groups is 1. The second kappa shape index (κ2) is 12.8. The minimum Gasteiger partial charge on any atom is -0.282 e. The number of urea groups is 1. The van der Waals surface area contributed by atoms with Crippen molar-refractivity contribution in [2.75, 3.05) is 18.1 Å². The predicted octanol–water partition coefficient (Wildman–Crippen LogP) is 3.70. The van der Waals surface area contributed by atoms with Crippen molar-refractivity contribution in [3.05, 3.63) is 60.2 Å². The molecule has 2 aliphatic heterocycles. The van der Waals surface area contributed by atoms with Crippen molar-refractivity contribution >= 4 is 45.3 Å². The van der Waals surface area contributed by atoms with Gasteiger partial charge in [-0.05, 0) is 50.1 Å². The van der Waals surface area contributed by atoms with Crippen LogP contribution in [0.2, 0.25) is 0 Å². The Labute approximate surface area is 227 Å². The Morgan fingerprint density at radius 3 is 1.97 bits per heavy atom. The molecule has 3 rings (SSSR count). The molecule has 1 N–H and O–H groups in total. The first-order valence-electron chi connectivity index (χ1n) is 12.7. The van der Waals surface area contributed by atoms with Crippen LogP contribution in [-0.4, -0.2) is 65.3 Å². The number of imide groups is 2. The van der Waals surface area contributed by atoms with Gasteiger partial charge in [-0.2, -0.15) is 18.5 Å². The minimum absolute atomic E-state index is 0.0966. The lowest BCUT2D eigenvalue weighted by atomic mass is 10.0. The van der Waals surface area contributed by atoms with Crippen LogP contribution in [0.1, 0.15) is 46.5 Å². The largest absolute Gasteiger partial charge is 0.333 e. The average Bonchev–Trinajstić information content (AvgIpc) is 3.18. The van der Waals surface area contributed by atoms with Crippen molar-refractivity contribution in [2.45, 2.75) is 51.3 Å². The fourth-order valence-corrected chi connectivity index (χ4v) is 4.49. The molecule has 0 aromatic heterocycles. The molecule has 1 aromatic carbocycles. The Morgan fingerprint density at radius 2 is 1.46 bits per heavy atom. The second-order valence-corrected chi connectivity index (χ2v) is 10.5. The molecule has 1 unspecified atom stereocenters. The van der Waals surface area contributed by atoms with Gasteiger partial charge in [0.15, 0.2) is 0 Å². The highest BCUT2D eigenvalue weighted by atomic mass is 32.2. The molecule has 2 heterocycles.